The Morgan fingerprint density at radius 1 is 1.17 bits per heavy atom. The van der Waals surface area contributed by atoms with Gasteiger partial charge in [-0.1, -0.05) is 64.0 Å². The van der Waals surface area contributed by atoms with E-state index in [0.717, 1.165) is 10.8 Å². The Bertz CT molecular complexity index is 1200. The quantitative estimate of drug-likeness (QED) is 0.547. The van der Waals surface area contributed by atoms with Crippen molar-refractivity contribution in [3.05, 3.63) is 63.9 Å². The number of aromatic nitrogens is 1. The van der Waals surface area contributed by atoms with Crippen molar-refractivity contribution in [1.29, 1.82) is 0 Å². The predicted molar refractivity (Wildman–Crippen MR) is 125 cm³/mol. The van der Waals surface area contributed by atoms with Gasteiger partial charge in [0.15, 0.2) is 0 Å². The largest absolute Gasteiger partial charge is 0.508 e. The topological polar surface area (TPSA) is 82.2 Å². The number of hydrogen-bond donors (Lipinski definition) is 3. The fraction of sp³-hybridized carbons (Fsp3) is 0.333. The van der Waals surface area contributed by atoms with Gasteiger partial charge in [-0.3, -0.25) is 9.59 Å². The third-order valence-corrected chi connectivity index (χ3v) is 10.9. The van der Waals surface area contributed by atoms with Crippen molar-refractivity contribution in [3.63, 3.8) is 0 Å². The van der Waals surface area contributed by atoms with Crippen LogP contribution in [0.15, 0.2) is 47.4 Å². The van der Waals surface area contributed by atoms with E-state index in [2.05, 4.69) is 43.7 Å². The molecule has 3 N–H and O–H groups in total. The third-order valence-electron chi connectivity index (χ3n) is 6.33. The van der Waals surface area contributed by atoms with Crippen LogP contribution in [0.1, 0.15) is 43.1 Å². The van der Waals surface area contributed by atoms with Crippen molar-refractivity contribution in [2.45, 2.75) is 51.2 Å². The summed E-state index contributed by atoms with van der Waals surface area (Å²) < 4.78 is 0. The molecular weight excluding hydrogens is 392 g/mol. The third kappa shape index (κ3) is 3.45. The maximum atomic E-state index is 13.0. The zero-order valence-electron chi connectivity index (χ0n) is 17.9. The highest BCUT2D eigenvalue weighted by atomic mass is 28.3. The number of carbonyl (C=O) groups excluding carboxylic acids is 1. The predicted octanol–water partition coefficient (Wildman–Crippen LogP) is 4.47. The van der Waals surface area contributed by atoms with Gasteiger partial charge in [0.2, 0.25) is 5.43 Å². The van der Waals surface area contributed by atoms with Crippen molar-refractivity contribution < 1.29 is 9.90 Å². The van der Waals surface area contributed by atoms with Crippen LogP contribution in [0, 0.1) is 0 Å². The van der Waals surface area contributed by atoms with Crippen molar-refractivity contribution >= 4 is 35.8 Å². The highest BCUT2D eigenvalue weighted by molar-refractivity contribution is 6.93. The first kappa shape index (κ1) is 20.4. The second-order valence-electron chi connectivity index (χ2n) is 9.61. The van der Waals surface area contributed by atoms with Crippen LogP contribution in [0.5, 0.6) is 5.75 Å². The number of aromatic hydroxyl groups is 1. The van der Waals surface area contributed by atoms with E-state index in [1.54, 1.807) is 24.3 Å². The summed E-state index contributed by atoms with van der Waals surface area (Å²) in [5.74, 6) is -0.230. The first-order valence-electron chi connectivity index (χ1n) is 10.4. The van der Waals surface area contributed by atoms with E-state index in [1.165, 1.54) is 24.7 Å². The molecule has 1 saturated heterocycles. The zero-order valence-corrected chi connectivity index (χ0v) is 18.9. The SMILES string of the molecule is CC(C)(C)c1cc([Si]2(C)CCC2)c(O)cc1NC(=O)c1c[nH]c2ccccc2c1=O. The molecule has 156 valence electrons. The summed E-state index contributed by atoms with van der Waals surface area (Å²) in [6.07, 6.45) is 2.67. The summed E-state index contributed by atoms with van der Waals surface area (Å²) in [5, 5.41) is 15.2. The minimum Gasteiger partial charge on any atom is -0.508 e. The van der Waals surface area contributed by atoms with Gasteiger partial charge >= 0.3 is 0 Å². The lowest BCUT2D eigenvalue weighted by molar-refractivity contribution is 0.102. The molecule has 2 heterocycles. The van der Waals surface area contributed by atoms with E-state index in [0.29, 0.717) is 16.6 Å². The number of para-hydroxylation sites is 1. The first-order valence-corrected chi connectivity index (χ1v) is 13.3. The van der Waals surface area contributed by atoms with E-state index < -0.39 is 14.0 Å². The maximum Gasteiger partial charge on any atom is 0.261 e. The second-order valence-corrected chi connectivity index (χ2v) is 14.3. The zero-order chi connectivity index (χ0) is 21.7. The second kappa shape index (κ2) is 7.13. The van der Waals surface area contributed by atoms with Gasteiger partial charge in [0.05, 0.1) is 8.07 Å². The Morgan fingerprint density at radius 3 is 2.50 bits per heavy atom. The molecule has 3 aromatic rings. The number of amides is 1. The van der Waals surface area contributed by atoms with Crippen LogP contribution in [0.3, 0.4) is 0 Å². The summed E-state index contributed by atoms with van der Waals surface area (Å²) in [7, 11) is -1.61. The normalized spacial score (nSPS) is 15.6. The van der Waals surface area contributed by atoms with Gasteiger partial charge in [-0.2, -0.15) is 0 Å². The number of rotatable bonds is 3. The summed E-state index contributed by atoms with van der Waals surface area (Å²) in [6, 6.07) is 13.2. The monoisotopic (exact) mass is 420 g/mol. The molecule has 0 radical (unpaired) electrons. The van der Waals surface area contributed by atoms with E-state index in [4.69, 9.17) is 0 Å². The maximum absolute atomic E-state index is 13.0. The van der Waals surface area contributed by atoms with Crippen molar-refractivity contribution in [1.82, 2.24) is 4.98 Å². The smallest absolute Gasteiger partial charge is 0.261 e. The van der Waals surface area contributed by atoms with E-state index in [9.17, 15) is 14.7 Å². The Kier molecular flexibility index (Phi) is 4.85. The molecule has 1 aliphatic heterocycles. The molecule has 5 nitrogen and oxygen atoms in total. The highest BCUT2D eigenvalue weighted by Gasteiger charge is 2.39. The number of phenols is 1. The number of benzene rings is 2. The highest BCUT2D eigenvalue weighted by Crippen LogP contribution is 2.38. The molecule has 0 bridgehead atoms. The molecule has 0 saturated carbocycles. The number of hydrogen-bond acceptors (Lipinski definition) is 3. The van der Waals surface area contributed by atoms with Gasteiger partial charge in [-0.15, -0.1) is 0 Å². The van der Waals surface area contributed by atoms with Gasteiger partial charge in [0.25, 0.3) is 5.91 Å². The Morgan fingerprint density at radius 2 is 1.87 bits per heavy atom. The molecule has 4 rings (SSSR count). The Labute approximate surface area is 177 Å². The molecule has 0 aliphatic carbocycles. The van der Waals surface area contributed by atoms with Crippen molar-refractivity contribution in [2.75, 3.05) is 5.32 Å². The summed E-state index contributed by atoms with van der Waals surface area (Å²) >= 11 is 0. The van der Waals surface area contributed by atoms with Crippen LogP contribution >= 0.6 is 0 Å². The standard InChI is InChI=1S/C24H28N2O3Si/c1-24(2,3)17-12-21(30(4)10-7-11-30)20(27)13-19(17)26-23(29)16-14-25-18-9-6-5-8-15(18)22(16)28/h5-6,8-9,12-14,27H,7,10-11H2,1-4H3,(H,25,28)(H,26,29). The van der Waals surface area contributed by atoms with Crippen LogP contribution in [0.2, 0.25) is 18.6 Å². The molecule has 1 amide bonds. The molecular formula is C24H28N2O3Si. The van der Waals surface area contributed by atoms with Crippen LogP contribution in [0.25, 0.3) is 10.9 Å². The minimum absolute atomic E-state index is 0.0532. The number of fused-ring (bicyclic) bond motifs is 1. The van der Waals surface area contributed by atoms with Gasteiger partial charge in [-0.25, -0.2) is 0 Å². The number of nitrogens with one attached hydrogen (secondary N) is 2. The fourth-order valence-corrected chi connectivity index (χ4v) is 7.43. The molecule has 6 heteroatoms. The summed E-state index contributed by atoms with van der Waals surface area (Å²) in [6.45, 7) is 8.58. The first-order chi connectivity index (χ1) is 14.1. The Balaban J connectivity index is 1.76. The molecule has 0 atom stereocenters. The minimum atomic E-state index is -1.61. The fourth-order valence-electron chi connectivity index (χ4n) is 4.30. The molecule has 1 fully saturated rings. The number of H-pyrrole nitrogens is 1. The summed E-state index contributed by atoms with van der Waals surface area (Å²) in [4.78, 5) is 28.9. The van der Waals surface area contributed by atoms with Crippen LogP contribution < -0.4 is 15.9 Å². The molecule has 2 aromatic carbocycles. The summed E-state index contributed by atoms with van der Waals surface area (Å²) in [5.41, 5.74) is 1.73. The van der Waals surface area contributed by atoms with E-state index in [-0.39, 0.29) is 22.2 Å². The molecule has 1 aromatic heterocycles. The van der Waals surface area contributed by atoms with Gasteiger partial charge < -0.3 is 15.4 Å². The lowest BCUT2D eigenvalue weighted by Gasteiger charge is -2.38. The molecule has 0 unspecified atom stereocenters. The number of anilines is 1. The average Bonchev–Trinajstić information content (AvgIpc) is 2.65. The van der Waals surface area contributed by atoms with E-state index >= 15 is 0 Å². The van der Waals surface area contributed by atoms with Crippen molar-refractivity contribution in [3.8, 4) is 5.75 Å². The number of pyridine rings is 1. The van der Waals surface area contributed by atoms with Gasteiger partial charge in [0, 0.05) is 28.9 Å². The van der Waals surface area contributed by atoms with Crippen LogP contribution in [-0.2, 0) is 5.41 Å². The number of phenolic OH excluding ortho intramolecular Hbond substituents is 1. The average molecular weight is 421 g/mol. The lowest BCUT2D eigenvalue weighted by Crippen LogP contribution is -2.50. The Hall–Kier alpha value is -2.86. The van der Waals surface area contributed by atoms with Crippen molar-refractivity contribution in [2.24, 2.45) is 0 Å². The van der Waals surface area contributed by atoms with Gasteiger partial charge in [-0.05, 0) is 28.3 Å². The molecule has 0 spiro atoms. The van der Waals surface area contributed by atoms with Crippen LogP contribution in [0.4, 0.5) is 5.69 Å². The molecule has 1 aliphatic rings. The lowest BCUT2D eigenvalue weighted by atomic mass is 9.85. The van der Waals surface area contributed by atoms with E-state index in [1.807, 2.05) is 6.07 Å². The van der Waals surface area contributed by atoms with Gasteiger partial charge in [0.1, 0.15) is 11.3 Å². The van der Waals surface area contributed by atoms with Crippen LogP contribution in [-0.4, -0.2) is 24.1 Å². The molecule has 30 heavy (non-hydrogen) atoms. The number of carbonyl (C=O) groups is 1. The number of aromatic amines is 1.